The fraction of sp³-hybridized carbons (Fsp3) is 0.357. The Morgan fingerprint density at radius 3 is 2.25 bits per heavy atom. The number of alkyl halides is 1. The summed E-state index contributed by atoms with van der Waals surface area (Å²) in [6, 6.07) is 6.64. The fourth-order valence-corrected chi connectivity index (χ4v) is 4.80. The summed E-state index contributed by atoms with van der Waals surface area (Å²) < 4.78 is 25.4. The van der Waals surface area contributed by atoms with Crippen molar-refractivity contribution in [2.75, 3.05) is 0 Å². The van der Waals surface area contributed by atoms with Gasteiger partial charge in [0.05, 0.1) is 4.90 Å². The Balaban J connectivity index is 2.50. The van der Waals surface area contributed by atoms with Crippen LogP contribution in [0.15, 0.2) is 40.3 Å². The van der Waals surface area contributed by atoms with Crippen molar-refractivity contribution in [3.63, 3.8) is 0 Å². The number of hydrogen-bond donors (Lipinski definition) is 1. The summed E-state index contributed by atoms with van der Waals surface area (Å²) in [5, 5.41) is 1.56. The van der Waals surface area contributed by atoms with Gasteiger partial charge >= 0.3 is 0 Å². The van der Waals surface area contributed by atoms with E-state index in [-0.39, 0.29) is 15.6 Å². The van der Waals surface area contributed by atoms with Crippen LogP contribution in [0.4, 0.5) is 0 Å². The molecule has 1 heterocycles. The first-order chi connectivity index (χ1) is 9.25. The maximum Gasteiger partial charge on any atom is 0.248 e. The van der Waals surface area contributed by atoms with Gasteiger partial charge in [0.1, 0.15) is 0 Å². The van der Waals surface area contributed by atoms with E-state index in [0.717, 1.165) is 5.56 Å². The van der Waals surface area contributed by atoms with Gasteiger partial charge in [-0.1, -0.05) is 33.6 Å². The zero-order chi connectivity index (χ0) is 15.1. The number of hydrogen-bond acceptors (Lipinski definition) is 3. The molecule has 108 valence electrons. The van der Waals surface area contributed by atoms with Crippen molar-refractivity contribution < 1.29 is 13.2 Å². The topological polar surface area (TPSA) is 63.2 Å². The third-order valence-corrected chi connectivity index (χ3v) is 5.82. The van der Waals surface area contributed by atoms with E-state index in [9.17, 15) is 13.2 Å². The van der Waals surface area contributed by atoms with Crippen molar-refractivity contribution >= 4 is 31.7 Å². The van der Waals surface area contributed by atoms with Crippen LogP contribution >= 0.6 is 15.9 Å². The maximum atomic E-state index is 12.7. The lowest BCUT2D eigenvalue weighted by Gasteiger charge is -2.18. The summed E-state index contributed by atoms with van der Waals surface area (Å²) in [4.78, 5) is 11.8. The third-order valence-electron chi connectivity index (χ3n) is 3.41. The number of carbonyl (C=O) groups is 1. The zero-order valence-electron chi connectivity index (χ0n) is 11.5. The van der Waals surface area contributed by atoms with Gasteiger partial charge in [0.25, 0.3) is 0 Å². The predicted molar refractivity (Wildman–Crippen MR) is 81.4 cm³/mol. The number of nitrogens with one attached hydrogen (secondary N) is 1. The van der Waals surface area contributed by atoms with Crippen molar-refractivity contribution in [1.82, 2.24) is 5.32 Å². The van der Waals surface area contributed by atoms with Crippen molar-refractivity contribution in [1.29, 1.82) is 0 Å². The van der Waals surface area contributed by atoms with Crippen LogP contribution < -0.4 is 5.32 Å². The molecule has 4 nitrogen and oxygen atoms in total. The minimum atomic E-state index is -3.64. The molecular formula is C14H16BrNO3S. The molecule has 1 aromatic rings. The molecule has 0 aromatic heterocycles. The second-order valence-corrected chi connectivity index (χ2v) is 8.31. The molecule has 0 bridgehead atoms. The minimum absolute atomic E-state index is 0.188. The van der Waals surface area contributed by atoms with E-state index in [4.69, 9.17) is 0 Å². The summed E-state index contributed by atoms with van der Waals surface area (Å²) in [5.41, 5.74) is 2.03. The number of amides is 1. The largest absolute Gasteiger partial charge is 0.332 e. The van der Waals surface area contributed by atoms with Crippen LogP contribution in [0, 0.1) is 6.92 Å². The van der Waals surface area contributed by atoms with E-state index in [1.807, 2.05) is 13.8 Å². The van der Waals surface area contributed by atoms with E-state index in [2.05, 4.69) is 21.2 Å². The van der Waals surface area contributed by atoms with E-state index in [1.165, 1.54) is 0 Å². The smallest absolute Gasteiger partial charge is 0.248 e. The van der Waals surface area contributed by atoms with Gasteiger partial charge in [0.15, 0.2) is 5.37 Å². The number of rotatable bonds is 3. The molecule has 0 fully saturated rings. The number of carbonyl (C=O) groups excluding carboxylic acids is 1. The van der Waals surface area contributed by atoms with Crippen LogP contribution in [0.5, 0.6) is 0 Å². The van der Waals surface area contributed by atoms with Crippen LogP contribution in [0.3, 0.4) is 0 Å². The second kappa shape index (κ2) is 5.33. The van der Waals surface area contributed by atoms with Crippen molar-refractivity contribution in [3.05, 3.63) is 41.0 Å². The van der Waals surface area contributed by atoms with E-state index in [0.29, 0.717) is 11.1 Å². The summed E-state index contributed by atoms with van der Waals surface area (Å²) >= 11 is 3.37. The van der Waals surface area contributed by atoms with Gasteiger partial charge in [-0.05, 0) is 38.5 Å². The Kier molecular flexibility index (Phi) is 4.07. The van der Waals surface area contributed by atoms with Crippen LogP contribution in [-0.4, -0.2) is 24.5 Å². The molecule has 0 radical (unpaired) electrons. The molecule has 6 heteroatoms. The third kappa shape index (κ3) is 2.54. The first-order valence-electron chi connectivity index (χ1n) is 6.21. The molecule has 20 heavy (non-hydrogen) atoms. The Hall–Kier alpha value is -1.14. The molecule has 1 aliphatic heterocycles. The average Bonchev–Trinajstić information content (AvgIpc) is 2.67. The van der Waals surface area contributed by atoms with Gasteiger partial charge in [0, 0.05) is 10.4 Å². The molecular weight excluding hydrogens is 342 g/mol. The summed E-state index contributed by atoms with van der Waals surface area (Å²) in [5.74, 6) is -0.327. The van der Waals surface area contributed by atoms with E-state index >= 15 is 0 Å². The molecule has 1 aliphatic rings. The fourth-order valence-electron chi connectivity index (χ4n) is 2.25. The summed E-state index contributed by atoms with van der Waals surface area (Å²) in [6.07, 6.45) is 0. The summed E-state index contributed by atoms with van der Waals surface area (Å²) in [7, 11) is -3.64. The van der Waals surface area contributed by atoms with Gasteiger partial charge in [-0.3, -0.25) is 4.79 Å². The molecule has 2 rings (SSSR count). The lowest BCUT2D eigenvalue weighted by molar-refractivity contribution is -0.116. The highest BCUT2D eigenvalue weighted by molar-refractivity contribution is 9.09. The quantitative estimate of drug-likeness (QED) is 0.844. The van der Waals surface area contributed by atoms with E-state index < -0.39 is 15.2 Å². The molecule has 2 atom stereocenters. The van der Waals surface area contributed by atoms with Gasteiger partial charge < -0.3 is 5.32 Å². The molecule has 1 aromatic carbocycles. The predicted octanol–water partition coefficient (Wildman–Crippen LogP) is 2.32. The maximum absolute atomic E-state index is 12.7. The average molecular weight is 358 g/mol. The Labute approximate surface area is 127 Å². The van der Waals surface area contributed by atoms with Gasteiger partial charge in [-0.15, -0.1) is 0 Å². The molecule has 0 spiro atoms. The van der Waals surface area contributed by atoms with Gasteiger partial charge in [-0.2, -0.15) is 0 Å². The first-order valence-corrected chi connectivity index (χ1v) is 8.67. The molecule has 0 saturated carbocycles. The lowest BCUT2D eigenvalue weighted by atomic mass is 10.1. The van der Waals surface area contributed by atoms with Gasteiger partial charge in [-0.25, -0.2) is 8.42 Å². The molecule has 2 unspecified atom stereocenters. The molecule has 0 saturated heterocycles. The monoisotopic (exact) mass is 357 g/mol. The van der Waals surface area contributed by atoms with Gasteiger partial charge in [0.2, 0.25) is 15.7 Å². The normalized spacial score (nSPS) is 21.0. The Morgan fingerprint density at radius 2 is 1.75 bits per heavy atom. The SMILES string of the molecule is CC1=C(C(C)Br)C(S(=O)(=O)c2ccc(C)cc2)NC1=O. The van der Waals surface area contributed by atoms with Crippen LogP contribution in [-0.2, 0) is 14.6 Å². The molecule has 1 amide bonds. The van der Waals surface area contributed by atoms with E-state index in [1.54, 1.807) is 31.2 Å². The number of halogens is 1. The number of aryl methyl sites for hydroxylation is 1. The second-order valence-electron chi connectivity index (χ2n) is 4.91. The highest BCUT2D eigenvalue weighted by Crippen LogP contribution is 2.31. The zero-order valence-corrected chi connectivity index (χ0v) is 13.9. The lowest BCUT2D eigenvalue weighted by Crippen LogP contribution is -2.37. The Morgan fingerprint density at radius 1 is 1.20 bits per heavy atom. The van der Waals surface area contributed by atoms with Crippen LogP contribution in [0.25, 0.3) is 0 Å². The number of sulfone groups is 1. The molecule has 1 N–H and O–H groups in total. The Bertz CT molecular complexity index is 675. The van der Waals surface area contributed by atoms with Crippen molar-refractivity contribution in [2.24, 2.45) is 0 Å². The number of benzene rings is 1. The standard InChI is InChI=1S/C14H16BrNO3S/c1-8-4-6-11(7-5-8)20(18,19)14-12(10(3)15)9(2)13(17)16-14/h4-7,10,14H,1-3H3,(H,16,17). The summed E-state index contributed by atoms with van der Waals surface area (Å²) in [6.45, 7) is 5.35. The van der Waals surface area contributed by atoms with Crippen LogP contribution in [0.2, 0.25) is 0 Å². The minimum Gasteiger partial charge on any atom is -0.332 e. The first kappa shape index (κ1) is 15.3. The van der Waals surface area contributed by atoms with Crippen LogP contribution in [0.1, 0.15) is 19.4 Å². The molecule has 0 aliphatic carbocycles. The highest BCUT2D eigenvalue weighted by atomic mass is 79.9. The van der Waals surface area contributed by atoms with Crippen molar-refractivity contribution in [2.45, 2.75) is 35.9 Å². The van der Waals surface area contributed by atoms with Crippen molar-refractivity contribution in [3.8, 4) is 0 Å². The highest BCUT2D eigenvalue weighted by Gasteiger charge is 2.40.